The van der Waals surface area contributed by atoms with Gasteiger partial charge in [0.15, 0.2) is 0 Å². The summed E-state index contributed by atoms with van der Waals surface area (Å²) in [7, 11) is 1.71. The van der Waals surface area contributed by atoms with Crippen molar-refractivity contribution in [2.75, 3.05) is 29.4 Å². The lowest BCUT2D eigenvalue weighted by molar-refractivity contribution is -0.138. The zero-order chi connectivity index (χ0) is 39.0. The molecule has 2 fully saturated rings. The molecule has 4 aliphatic rings. The van der Waals surface area contributed by atoms with E-state index in [4.69, 9.17) is 0 Å². The standard InChI is InChI=1S/C42H40F3N7O4/c1-24-17-32-34(48(2)40(24)55)6-3-7-35(32)50-14-4-5-25-19-31(33(20-37(25)50)42(43,44)45)27-21-46-52(23-27)28-12-15-49(16-13-28)29-8-9-30-26(18-29)22-51(41(30)56)36-10-11-38(53)47-39(36)54/h3,6-9,17-21,23,28,36H,4-5,10-16,22H2,1-2H3,(H,47,53,54). The number of carbonyl (C=O) groups excluding carboxylic acids is 3. The number of amides is 3. The van der Waals surface area contributed by atoms with E-state index in [1.807, 2.05) is 41.3 Å². The Hall–Kier alpha value is -5.92. The molecular formula is C42H40F3N7O4. The van der Waals surface area contributed by atoms with Crippen molar-refractivity contribution in [2.45, 2.75) is 70.3 Å². The van der Waals surface area contributed by atoms with Crippen LogP contribution in [-0.2, 0) is 35.8 Å². The molecule has 5 aromatic rings. The maximum absolute atomic E-state index is 14.9. The minimum absolute atomic E-state index is 0.00717. The highest BCUT2D eigenvalue weighted by Gasteiger charge is 2.40. The number of fused-ring (bicyclic) bond motifs is 3. The first kappa shape index (κ1) is 35.8. The number of anilines is 3. The molecule has 0 radical (unpaired) electrons. The summed E-state index contributed by atoms with van der Waals surface area (Å²) < 4.78 is 48.1. The Morgan fingerprint density at radius 3 is 2.43 bits per heavy atom. The van der Waals surface area contributed by atoms with Crippen molar-refractivity contribution < 1.29 is 27.6 Å². The van der Waals surface area contributed by atoms with Crippen molar-refractivity contribution in [3.8, 4) is 11.1 Å². The molecule has 3 amide bonds. The highest BCUT2D eigenvalue weighted by Crippen LogP contribution is 2.45. The molecule has 2 aromatic heterocycles. The predicted molar refractivity (Wildman–Crippen MR) is 205 cm³/mol. The number of pyridine rings is 1. The smallest absolute Gasteiger partial charge is 0.371 e. The first-order valence-electron chi connectivity index (χ1n) is 19.0. The number of alkyl halides is 3. The molecule has 11 nitrogen and oxygen atoms in total. The quantitative estimate of drug-likeness (QED) is 0.206. The lowest BCUT2D eigenvalue weighted by atomic mass is 9.92. The zero-order valence-corrected chi connectivity index (χ0v) is 31.0. The third-order valence-corrected chi connectivity index (χ3v) is 12.0. The van der Waals surface area contributed by atoms with E-state index in [-0.39, 0.29) is 35.4 Å². The number of aryl methyl sites for hydroxylation is 3. The third kappa shape index (κ3) is 6.02. The summed E-state index contributed by atoms with van der Waals surface area (Å²) in [6, 6.07) is 15.4. The summed E-state index contributed by atoms with van der Waals surface area (Å²) in [5, 5.41) is 7.73. The number of benzene rings is 3. The number of nitrogens with zero attached hydrogens (tertiary/aromatic N) is 6. The number of carbonyl (C=O) groups is 3. The minimum Gasteiger partial charge on any atom is -0.371 e. The highest BCUT2D eigenvalue weighted by atomic mass is 19.4. The monoisotopic (exact) mass is 763 g/mol. The summed E-state index contributed by atoms with van der Waals surface area (Å²) in [5.41, 5.74) is 5.46. The second-order valence-electron chi connectivity index (χ2n) is 15.3. The van der Waals surface area contributed by atoms with Crippen molar-refractivity contribution in [3.05, 3.63) is 105 Å². The second-order valence-corrected chi connectivity index (χ2v) is 15.3. The Balaban J connectivity index is 0.941. The number of hydrogen-bond acceptors (Lipinski definition) is 7. The van der Waals surface area contributed by atoms with Gasteiger partial charge in [0.25, 0.3) is 11.5 Å². The molecule has 0 spiro atoms. The molecule has 0 aliphatic carbocycles. The van der Waals surface area contributed by atoms with Crippen LogP contribution in [0.4, 0.5) is 30.2 Å². The molecule has 56 heavy (non-hydrogen) atoms. The second kappa shape index (κ2) is 13.4. The number of aromatic nitrogens is 3. The number of halogens is 3. The maximum Gasteiger partial charge on any atom is 0.417 e. The van der Waals surface area contributed by atoms with Gasteiger partial charge in [-0.05, 0) is 104 Å². The van der Waals surface area contributed by atoms with Crippen LogP contribution in [0.3, 0.4) is 0 Å². The molecule has 3 aromatic carbocycles. The normalized spacial score (nSPS) is 19.1. The van der Waals surface area contributed by atoms with Crippen molar-refractivity contribution in [1.82, 2.24) is 24.6 Å². The summed E-state index contributed by atoms with van der Waals surface area (Å²) in [6.45, 7) is 3.97. The number of hydrogen-bond donors (Lipinski definition) is 1. The van der Waals surface area contributed by atoms with E-state index in [1.165, 1.54) is 17.2 Å². The van der Waals surface area contributed by atoms with Crippen LogP contribution < -0.4 is 20.7 Å². The molecule has 1 N–H and O–H groups in total. The molecule has 1 unspecified atom stereocenters. The largest absolute Gasteiger partial charge is 0.417 e. The van der Waals surface area contributed by atoms with E-state index >= 15 is 0 Å². The van der Waals surface area contributed by atoms with E-state index in [1.54, 1.807) is 41.5 Å². The van der Waals surface area contributed by atoms with Gasteiger partial charge in [0.2, 0.25) is 11.8 Å². The summed E-state index contributed by atoms with van der Waals surface area (Å²) >= 11 is 0. The predicted octanol–water partition coefficient (Wildman–Crippen LogP) is 6.42. The van der Waals surface area contributed by atoms with Gasteiger partial charge in [0.1, 0.15) is 6.04 Å². The number of rotatable bonds is 5. The van der Waals surface area contributed by atoms with Gasteiger partial charge < -0.3 is 19.3 Å². The van der Waals surface area contributed by atoms with Crippen LogP contribution in [0.25, 0.3) is 22.0 Å². The van der Waals surface area contributed by atoms with Crippen LogP contribution in [0.2, 0.25) is 0 Å². The van der Waals surface area contributed by atoms with E-state index < -0.39 is 23.7 Å². The molecule has 0 saturated carbocycles. The van der Waals surface area contributed by atoms with Crippen molar-refractivity contribution in [1.29, 1.82) is 0 Å². The van der Waals surface area contributed by atoms with Gasteiger partial charge in [-0.25, -0.2) is 0 Å². The molecule has 1 atom stereocenters. The van der Waals surface area contributed by atoms with E-state index in [0.717, 1.165) is 52.7 Å². The Labute approximate surface area is 320 Å². The number of nitrogens with one attached hydrogen (secondary N) is 1. The van der Waals surface area contributed by atoms with Crippen LogP contribution in [0, 0.1) is 6.92 Å². The first-order valence-corrected chi connectivity index (χ1v) is 19.0. The van der Waals surface area contributed by atoms with Crippen molar-refractivity contribution in [2.24, 2.45) is 7.05 Å². The maximum atomic E-state index is 14.9. The van der Waals surface area contributed by atoms with Crippen LogP contribution in [0.1, 0.15) is 70.8 Å². The Kier molecular flexibility index (Phi) is 8.55. The first-order chi connectivity index (χ1) is 26.9. The molecule has 0 bridgehead atoms. The third-order valence-electron chi connectivity index (χ3n) is 12.0. The molecule has 2 saturated heterocycles. The molecular weight excluding hydrogens is 724 g/mol. The van der Waals surface area contributed by atoms with E-state index in [0.29, 0.717) is 61.4 Å². The molecule has 9 rings (SSSR count). The molecule has 6 heterocycles. The Morgan fingerprint density at radius 2 is 1.66 bits per heavy atom. The van der Waals surface area contributed by atoms with Gasteiger partial charge in [-0.3, -0.25) is 29.2 Å². The van der Waals surface area contributed by atoms with Gasteiger partial charge in [0.05, 0.1) is 29.0 Å². The van der Waals surface area contributed by atoms with Gasteiger partial charge in [0, 0.05) is 79.3 Å². The lowest BCUT2D eigenvalue weighted by Crippen LogP contribution is -2.52. The van der Waals surface area contributed by atoms with Crippen molar-refractivity contribution in [3.63, 3.8) is 0 Å². The van der Waals surface area contributed by atoms with Gasteiger partial charge in [-0.2, -0.15) is 18.3 Å². The topological polar surface area (TPSA) is 113 Å². The van der Waals surface area contributed by atoms with E-state index in [2.05, 4.69) is 15.3 Å². The van der Waals surface area contributed by atoms with Crippen molar-refractivity contribution >= 4 is 45.7 Å². The molecule has 14 heteroatoms. The van der Waals surface area contributed by atoms with Crippen LogP contribution in [0.15, 0.2) is 71.8 Å². The fourth-order valence-electron chi connectivity index (χ4n) is 9.05. The highest BCUT2D eigenvalue weighted by molar-refractivity contribution is 6.05. The summed E-state index contributed by atoms with van der Waals surface area (Å²) in [6.07, 6.45) is 2.00. The van der Waals surface area contributed by atoms with E-state index in [9.17, 15) is 32.3 Å². The minimum atomic E-state index is -4.61. The SMILES string of the molecule is Cc1cc2c(N3CCCc4cc(-c5cnn(C6CCN(c7ccc8c(c7)CN(C7CCC(=O)NC7=O)C8=O)CC6)c5)c(C(F)(F)F)cc43)cccc2n(C)c1=O. The van der Waals surface area contributed by atoms with Gasteiger partial charge >= 0.3 is 6.18 Å². The zero-order valence-electron chi connectivity index (χ0n) is 31.0. The Morgan fingerprint density at radius 1 is 0.857 bits per heavy atom. The molecule has 4 aliphatic heterocycles. The summed E-state index contributed by atoms with van der Waals surface area (Å²) in [4.78, 5) is 55.7. The van der Waals surface area contributed by atoms with Crippen LogP contribution >= 0.6 is 0 Å². The fraction of sp³-hybridized carbons (Fsp3) is 0.357. The Bertz CT molecular complexity index is 2520. The van der Waals surface area contributed by atoms with Crippen LogP contribution in [-0.4, -0.2) is 62.6 Å². The summed E-state index contributed by atoms with van der Waals surface area (Å²) in [5.74, 6) is -0.982. The van der Waals surface area contributed by atoms with Gasteiger partial charge in [-0.1, -0.05) is 6.07 Å². The van der Waals surface area contributed by atoms with Gasteiger partial charge in [-0.15, -0.1) is 0 Å². The fourth-order valence-corrected chi connectivity index (χ4v) is 9.05. The van der Waals surface area contributed by atoms with Crippen LogP contribution in [0.5, 0.6) is 0 Å². The average Bonchev–Trinajstić information content (AvgIpc) is 3.81. The number of piperidine rings is 2. The number of imide groups is 1. The average molecular weight is 764 g/mol. The molecule has 288 valence electrons. The lowest BCUT2D eigenvalue weighted by Gasteiger charge is -2.34.